The first-order valence-corrected chi connectivity index (χ1v) is 6.62. The van der Waals surface area contributed by atoms with E-state index in [-0.39, 0.29) is 0 Å². The Morgan fingerprint density at radius 1 is 1.44 bits per heavy atom. The maximum Gasteiger partial charge on any atom is 0.0169 e. The molecule has 0 bridgehead atoms. The van der Waals surface area contributed by atoms with E-state index in [1.807, 2.05) is 0 Å². The Kier molecular flexibility index (Phi) is 5.00. The SMILES string of the molecule is CCC(CCN)N1CC=C(C(C)(C)C)CC1. The molecule has 2 heteroatoms. The van der Waals surface area contributed by atoms with Crippen LogP contribution in [0.2, 0.25) is 0 Å². The Morgan fingerprint density at radius 3 is 2.50 bits per heavy atom. The van der Waals surface area contributed by atoms with Gasteiger partial charge in [0.15, 0.2) is 0 Å². The first-order chi connectivity index (χ1) is 7.49. The van der Waals surface area contributed by atoms with Crippen LogP contribution < -0.4 is 5.73 Å². The maximum absolute atomic E-state index is 5.67. The molecule has 1 aliphatic rings. The molecule has 0 spiro atoms. The Morgan fingerprint density at radius 2 is 2.12 bits per heavy atom. The summed E-state index contributed by atoms with van der Waals surface area (Å²) >= 11 is 0. The highest BCUT2D eigenvalue weighted by Gasteiger charge is 2.23. The fourth-order valence-corrected chi connectivity index (χ4v) is 2.53. The Bertz CT molecular complexity index is 238. The number of nitrogens with two attached hydrogens (primary N) is 1. The molecule has 0 amide bonds. The normalized spacial score (nSPS) is 20.7. The van der Waals surface area contributed by atoms with Crippen molar-refractivity contribution >= 4 is 0 Å². The molecule has 1 atom stereocenters. The summed E-state index contributed by atoms with van der Waals surface area (Å²) in [5.41, 5.74) is 7.63. The lowest BCUT2D eigenvalue weighted by Gasteiger charge is -2.36. The van der Waals surface area contributed by atoms with Crippen molar-refractivity contribution in [1.29, 1.82) is 0 Å². The number of hydrogen-bond acceptors (Lipinski definition) is 2. The fourth-order valence-electron chi connectivity index (χ4n) is 2.53. The van der Waals surface area contributed by atoms with Gasteiger partial charge in [0, 0.05) is 19.1 Å². The van der Waals surface area contributed by atoms with E-state index < -0.39 is 0 Å². The minimum atomic E-state index is 0.349. The molecule has 0 aliphatic carbocycles. The summed E-state index contributed by atoms with van der Waals surface area (Å²) < 4.78 is 0. The third kappa shape index (κ3) is 3.60. The summed E-state index contributed by atoms with van der Waals surface area (Å²) in [5, 5.41) is 0. The molecule has 94 valence electrons. The molecule has 2 nitrogen and oxygen atoms in total. The van der Waals surface area contributed by atoms with Crippen molar-refractivity contribution in [2.24, 2.45) is 11.1 Å². The zero-order valence-electron chi connectivity index (χ0n) is 11.4. The number of rotatable bonds is 4. The van der Waals surface area contributed by atoms with Crippen molar-refractivity contribution < 1.29 is 0 Å². The van der Waals surface area contributed by atoms with Gasteiger partial charge in [-0.1, -0.05) is 39.3 Å². The van der Waals surface area contributed by atoms with Gasteiger partial charge < -0.3 is 5.73 Å². The summed E-state index contributed by atoms with van der Waals surface area (Å²) in [6.45, 7) is 12.3. The van der Waals surface area contributed by atoms with Crippen molar-refractivity contribution in [2.75, 3.05) is 19.6 Å². The molecular formula is C14H28N2. The molecule has 0 saturated carbocycles. The standard InChI is InChI=1S/C14H28N2/c1-5-13(6-9-15)16-10-7-12(8-11-16)14(2,3)4/h7,13H,5-6,8-11,15H2,1-4H3. The fraction of sp³-hybridized carbons (Fsp3) is 0.857. The van der Waals surface area contributed by atoms with Crippen LogP contribution in [0.5, 0.6) is 0 Å². The molecule has 1 heterocycles. The van der Waals surface area contributed by atoms with Crippen LogP contribution in [0, 0.1) is 5.41 Å². The second kappa shape index (κ2) is 5.83. The average Bonchev–Trinajstić information content (AvgIpc) is 2.25. The predicted molar refractivity (Wildman–Crippen MR) is 71.5 cm³/mol. The number of hydrogen-bond donors (Lipinski definition) is 1. The zero-order chi connectivity index (χ0) is 12.2. The van der Waals surface area contributed by atoms with Crippen LogP contribution in [0.25, 0.3) is 0 Å². The predicted octanol–water partition coefficient (Wildman–Crippen LogP) is 2.79. The second-order valence-corrected chi connectivity index (χ2v) is 5.86. The van der Waals surface area contributed by atoms with Crippen molar-refractivity contribution in [3.63, 3.8) is 0 Å². The van der Waals surface area contributed by atoms with E-state index >= 15 is 0 Å². The molecule has 1 aliphatic heterocycles. The van der Waals surface area contributed by atoms with Crippen LogP contribution in [0.15, 0.2) is 11.6 Å². The molecule has 0 aromatic rings. The van der Waals surface area contributed by atoms with Gasteiger partial charge >= 0.3 is 0 Å². The van der Waals surface area contributed by atoms with Crippen molar-refractivity contribution in [3.8, 4) is 0 Å². The monoisotopic (exact) mass is 224 g/mol. The molecule has 0 aromatic carbocycles. The molecule has 1 unspecified atom stereocenters. The highest BCUT2D eigenvalue weighted by molar-refractivity contribution is 5.14. The highest BCUT2D eigenvalue weighted by atomic mass is 15.2. The van der Waals surface area contributed by atoms with Crippen LogP contribution in [-0.2, 0) is 0 Å². The minimum absolute atomic E-state index is 0.349. The van der Waals surface area contributed by atoms with Gasteiger partial charge in [0.2, 0.25) is 0 Å². The van der Waals surface area contributed by atoms with Crippen LogP contribution in [0.1, 0.15) is 47.0 Å². The Balaban J connectivity index is 2.56. The molecule has 1 rings (SSSR count). The van der Waals surface area contributed by atoms with E-state index in [2.05, 4.69) is 38.7 Å². The molecule has 0 fully saturated rings. The van der Waals surface area contributed by atoms with Crippen molar-refractivity contribution in [2.45, 2.75) is 53.0 Å². The third-order valence-corrected chi connectivity index (χ3v) is 3.69. The van der Waals surface area contributed by atoms with Gasteiger partial charge in [-0.15, -0.1) is 0 Å². The van der Waals surface area contributed by atoms with E-state index in [1.165, 1.54) is 19.4 Å². The highest BCUT2D eigenvalue weighted by Crippen LogP contribution is 2.30. The minimum Gasteiger partial charge on any atom is -0.330 e. The van der Waals surface area contributed by atoms with Crippen molar-refractivity contribution in [3.05, 3.63) is 11.6 Å². The Hall–Kier alpha value is -0.340. The molecule has 16 heavy (non-hydrogen) atoms. The molecule has 0 aromatic heterocycles. The van der Waals surface area contributed by atoms with E-state index in [1.54, 1.807) is 5.57 Å². The first kappa shape index (κ1) is 13.7. The summed E-state index contributed by atoms with van der Waals surface area (Å²) in [4.78, 5) is 2.59. The summed E-state index contributed by atoms with van der Waals surface area (Å²) in [6, 6.07) is 0.683. The van der Waals surface area contributed by atoms with Crippen molar-refractivity contribution in [1.82, 2.24) is 4.90 Å². The van der Waals surface area contributed by atoms with Crippen LogP contribution in [0.4, 0.5) is 0 Å². The second-order valence-electron chi connectivity index (χ2n) is 5.86. The van der Waals surface area contributed by atoms with Gasteiger partial charge in [-0.05, 0) is 31.2 Å². The molecule has 2 N–H and O–H groups in total. The summed E-state index contributed by atoms with van der Waals surface area (Å²) in [7, 11) is 0. The van der Waals surface area contributed by atoms with Gasteiger partial charge in [-0.25, -0.2) is 0 Å². The van der Waals surface area contributed by atoms with Gasteiger partial charge in [0.1, 0.15) is 0 Å². The maximum atomic E-state index is 5.67. The van der Waals surface area contributed by atoms with Gasteiger partial charge in [-0.3, -0.25) is 4.90 Å². The third-order valence-electron chi connectivity index (χ3n) is 3.69. The molecular weight excluding hydrogens is 196 g/mol. The van der Waals surface area contributed by atoms with Crippen LogP contribution >= 0.6 is 0 Å². The summed E-state index contributed by atoms with van der Waals surface area (Å²) in [6.07, 6.45) is 6.01. The quantitative estimate of drug-likeness (QED) is 0.744. The largest absolute Gasteiger partial charge is 0.330 e. The number of nitrogens with zero attached hydrogens (tertiary/aromatic N) is 1. The van der Waals surface area contributed by atoms with E-state index in [4.69, 9.17) is 5.73 Å². The lowest BCUT2D eigenvalue weighted by atomic mass is 9.82. The van der Waals surface area contributed by atoms with E-state index in [9.17, 15) is 0 Å². The molecule has 0 radical (unpaired) electrons. The average molecular weight is 224 g/mol. The summed E-state index contributed by atoms with van der Waals surface area (Å²) in [5.74, 6) is 0. The molecule has 0 saturated heterocycles. The van der Waals surface area contributed by atoms with E-state index in [0.29, 0.717) is 11.5 Å². The van der Waals surface area contributed by atoms with Crippen LogP contribution in [-0.4, -0.2) is 30.6 Å². The smallest absolute Gasteiger partial charge is 0.0169 e. The lowest BCUT2D eigenvalue weighted by Crippen LogP contribution is -2.40. The van der Waals surface area contributed by atoms with E-state index in [0.717, 1.165) is 19.5 Å². The van der Waals surface area contributed by atoms with Gasteiger partial charge in [0.25, 0.3) is 0 Å². The topological polar surface area (TPSA) is 29.3 Å². The van der Waals surface area contributed by atoms with Gasteiger partial charge in [0.05, 0.1) is 0 Å². The zero-order valence-corrected chi connectivity index (χ0v) is 11.4. The van der Waals surface area contributed by atoms with Crippen LogP contribution in [0.3, 0.4) is 0 Å². The first-order valence-electron chi connectivity index (χ1n) is 6.62. The Labute approximate surface area is 101 Å². The lowest BCUT2D eigenvalue weighted by molar-refractivity contribution is 0.190. The van der Waals surface area contributed by atoms with Gasteiger partial charge in [-0.2, -0.15) is 0 Å².